The van der Waals surface area contributed by atoms with Crippen LogP contribution < -0.4 is 5.32 Å². The first-order valence-electron chi connectivity index (χ1n) is 7.92. The molecule has 1 atom stereocenters. The van der Waals surface area contributed by atoms with Crippen LogP contribution >= 0.6 is 0 Å². The first-order valence-corrected chi connectivity index (χ1v) is 7.92. The standard InChI is InChI=1S/C15H29N3O/c1-3-9-18-10-6-14(7-11-18)17(2)15(19)13-5-4-8-16-12-13/h13-14,16H,3-12H2,1-2H3/t13-/m0/s1. The molecule has 0 aromatic heterocycles. The van der Waals surface area contributed by atoms with Gasteiger partial charge in [0.05, 0.1) is 5.92 Å². The normalized spacial score (nSPS) is 26.3. The molecule has 2 aliphatic rings. The summed E-state index contributed by atoms with van der Waals surface area (Å²) in [5, 5.41) is 3.34. The predicted molar refractivity (Wildman–Crippen MR) is 78.1 cm³/mol. The number of likely N-dealkylation sites (tertiary alicyclic amines) is 1. The van der Waals surface area contributed by atoms with Crippen molar-refractivity contribution in [2.24, 2.45) is 5.92 Å². The Morgan fingerprint density at radius 3 is 2.63 bits per heavy atom. The van der Waals surface area contributed by atoms with Crippen molar-refractivity contribution in [1.29, 1.82) is 0 Å². The molecule has 0 radical (unpaired) electrons. The van der Waals surface area contributed by atoms with Gasteiger partial charge in [0.25, 0.3) is 0 Å². The van der Waals surface area contributed by atoms with E-state index in [2.05, 4.69) is 17.1 Å². The van der Waals surface area contributed by atoms with Crippen molar-refractivity contribution in [1.82, 2.24) is 15.1 Å². The minimum atomic E-state index is 0.215. The fourth-order valence-corrected chi connectivity index (χ4v) is 3.38. The third-order valence-electron chi connectivity index (χ3n) is 4.64. The summed E-state index contributed by atoms with van der Waals surface area (Å²) in [5.41, 5.74) is 0. The number of carbonyl (C=O) groups is 1. The van der Waals surface area contributed by atoms with Crippen molar-refractivity contribution in [2.45, 2.75) is 45.1 Å². The van der Waals surface area contributed by atoms with Crippen LogP contribution in [0.3, 0.4) is 0 Å². The molecule has 0 spiro atoms. The second-order valence-corrected chi connectivity index (χ2v) is 6.07. The van der Waals surface area contributed by atoms with Gasteiger partial charge < -0.3 is 15.1 Å². The molecule has 0 saturated carbocycles. The molecule has 2 rings (SSSR count). The van der Waals surface area contributed by atoms with Crippen molar-refractivity contribution in [2.75, 3.05) is 39.8 Å². The van der Waals surface area contributed by atoms with E-state index in [1.165, 1.54) is 13.0 Å². The van der Waals surface area contributed by atoms with Crippen molar-refractivity contribution in [3.8, 4) is 0 Å². The highest BCUT2D eigenvalue weighted by molar-refractivity contribution is 5.79. The summed E-state index contributed by atoms with van der Waals surface area (Å²) in [6.07, 6.45) is 5.71. The van der Waals surface area contributed by atoms with Gasteiger partial charge in [-0.1, -0.05) is 6.92 Å². The molecule has 0 unspecified atom stereocenters. The second-order valence-electron chi connectivity index (χ2n) is 6.07. The molecule has 4 heteroatoms. The molecular weight excluding hydrogens is 238 g/mol. The zero-order valence-corrected chi connectivity index (χ0v) is 12.5. The Bertz CT molecular complexity index is 281. The fourth-order valence-electron chi connectivity index (χ4n) is 3.38. The van der Waals surface area contributed by atoms with E-state index in [0.29, 0.717) is 11.9 Å². The summed E-state index contributed by atoms with van der Waals surface area (Å²) >= 11 is 0. The summed E-state index contributed by atoms with van der Waals surface area (Å²) in [6.45, 7) is 7.69. The van der Waals surface area contributed by atoms with Crippen LogP contribution in [0.2, 0.25) is 0 Å². The van der Waals surface area contributed by atoms with Crippen molar-refractivity contribution in [3.05, 3.63) is 0 Å². The Kier molecular flexibility index (Phi) is 5.64. The van der Waals surface area contributed by atoms with Gasteiger partial charge in [-0.05, 0) is 45.2 Å². The summed E-state index contributed by atoms with van der Waals surface area (Å²) in [7, 11) is 2.01. The largest absolute Gasteiger partial charge is 0.342 e. The third-order valence-corrected chi connectivity index (χ3v) is 4.64. The van der Waals surface area contributed by atoms with Gasteiger partial charge >= 0.3 is 0 Å². The second kappa shape index (κ2) is 7.25. The molecular formula is C15H29N3O. The fraction of sp³-hybridized carbons (Fsp3) is 0.933. The van der Waals surface area contributed by atoms with E-state index >= 15 is 0 Å². The summed E-state index contributed by atoms with van der Waals surface area (Å²) in [5.74, 6) is 0.577. The Labute approximate surface area is 117 Å². The zero-order valence-electron chi connectivity index (χ0n) is 12.5. The van der Waals surface area contributed by atoms with Crippen molar-refractivity contribution >= 4 is 5.91 Å². The average molecular weight is 267 g/mol. The third kappa shape index (κ3) is 3.93. The van der Waals surface area contributed by atoms with Gasteiger partial charge in [-0.2, -0.15) is 0 Å². The quantitative estimate of drug-likeness (QED) is 0.834. The minimum Gasteiger partial charge on any atom is -0.342 e. The van der Waals surface area contributed by atoms with Crippen LogP contribution in [0.4, 0.5) is 0 Å². The highest BCUT2D eigenvalue weighted by Crippen LogP contribution is 2.20. The molecule has 1 N–H and O–H groups in total. The maximum atomic E-state index is 12.5. The molecule has 0 aromatic rings. The van der Waals surface area contributed by atoms with Gasteiger partial charge in [0.15, 0.2) is 0 Å². The van der Waals surface area contributed by atoms with Crippen molar-refractivity contribution in [3.63, 3.8) is 0 Å². The van der Waals surface area contributed by atoms with Gasteiger partial charge in [0, 0.05) is 32.7 Å². The molecule has 0 aliphatic carbocycles. The van der Waals surface area contributed by atoms with Gasteiger partial charge in [-0.3, -0.25) is 4.79 Å². The number of hydrogen-bond acceptors (Lipinski definition) is 3. The molecule has 2 heterocycles. The number of rotatable bonds is 4. The van der Waals surface area contributed by atoms with Crippen LogP contribution in [0, 0.1) is 5.92 Å². The monoisotopic (exact) mass is 267 g/mol. The van der Waals surface area contributed by atoms with Gasteiger partial charge in [-0.15, -0.1) is 0 Å². The lowest BCUT2D eigenvalue weighted by Crippen LogP contribution is -2.49. The van der Waals surface area contributed by atoms with E-state index in [-0.39, 0.29) is 5.92 Å². The Balaban J connectivity index is 1.79. The molecule has 110 valence electrons. The first-order chi connectivity index (χ1) is 9.22. The molecule has 2 aliphatic heterocycles. The highest BCUT2D eigenvalue weighted by atomic mass is 16.2. The Morgan fingerprint density at radius 2 is 2.05 bits per heavy atom. The first kappa shape index (κ1) is 14.8. The number of nitrogens with zero attached hydrogens (tertiary/aromatic N) is 2. The SMILES string of the molecule is CCCN1CCC(N(C)C(=O)[C@H]2CCCNC2)CC1. The minimum absolute atomic E-state index is 0.215. The van der Waals surface area contributed by atoms with Crippen LogP contribution in [0.15, 0.2) is 0 Å². The van der Waals surface area contributed by atoms with Crippen LogP contribution in [0.1, 0.15) is 39.0 Å². The summed E-state index contributed by atoms with van der Waals surface area (Å²) in [4.78, 5) is 17.0. The summed E-state index contributed by atoms with van der Waals surface area (Å²) in [6, 6.07) is 0.461. The van der Waals surface area contributed by atoms with Crippen molar-refractivity contribution < 1.29 is 4.79 Å². The lowest BCUT2D eigenvalue weighted by molar-refractivity contribution is -0.137. The molecule has 0 bridgehead atoms. The Morgan fingerprint density at radius 1 is 1.32 bits per heavy atom. The van der Waals surface area contributed by atoms with Gasteiger partial charge in [0.1, 0.15) is 0 Å². The van der Waals surface area contributed by atoms with Crippen LogP contribution in [0.25, 0.3) is 0 Å². The zero-order chi connectivity index (χ0) is 13.7. The maximum Gasteiger partial charge on any atom is 0.226 e. The average Bonchev–Trinajstić information content (AvgIpc) is 2.48. The maximum absolute atomic E-state index is 12.5. The van der Waals surface area contributed by atoms with Crippen LogP contribution in [0.5, 0.6) is 0 Å². The molecule has 2 fully saturated rings. The van der Waals surface area contributed by atoms with E-state index in [0.717, 1.165) is 51.9 Å². The predicted octanol–water partition coefficient (Wildman–Crippen LogP) is 1.32. The Hall–Kier alpha value is -0.610. The van der Waals surface area contributed by atoms with Crippen LogP contribution in [-0.4, -0.2) is 61.5 Å². The van der Waals surface area contributed by atoms with E-state index < -0.39 is 0 Å². The van der Waals surface area contributed by atoms with E-state index in [1.807, 2.05) is 11.9 Å². The number of nitrogens with one attached hydrogen (secondary N) is 1. The topological polar surface area (TPSA) is 35.6 Å². The highest BCUT2D eigenvalue weighted by Gasteiger charge is 2.29. The molecule has 0 aromatic carbocycles. The lowest BCUT2D eigenvalue weighted by Gasteiger charge is -2.38. The molecule has 1 amide bonds. The molecule has 2 saturated heterocycles. The number of hydrogen-bond donors (Lipinski definition) is 1. The van der Waals surface area contributed by atoms with E-state index in [4.69, 9.17) is 0 Å². The summed E-state index contributed by atoms with van der Waals surface area (Å²) < 4.78 is 0. The number of carbonyl (C=O) groups excluding carboxylic acids is 1. The van der Waals surface area contributed by atoms with Gasteiger partial charge in [-0.25, -0.2) is 0 Å². The van der Waals surface area contributed by atoms with E-state index in [9.17, 15) is 4.79 Å². The lowest BCUT2D eigenvalue weighted by atomic mass is 9.96. The van der Waals surface area contributed by atoms with Gasteiger partial charge in [0.2, 0.25) is 5.91 Å². The number of amides is 1. The van der Waals surface area contributed by atoms with Crippen LogP contribution in [-0.2, 0) is 4.79 Å². The molecule has 4 nitrogen and oxygen atoms in total. The van der Waals surface area contributed by atoms with E-state index in [1.54, 1.807) is 0 Å². The number of piperidine rings is 2. The smallest absolute Gasteiger partial charge is 0.226 e. The molecule has 19 heavy (non-hydrogen) atoms.